The first kappa shape index (κ1) is 17.7. The summed E-state index contributed by atoms with van der Waals surface area (Å²) in [4.78, 5) is 16.3. The van der Waals surface area contributed by atoms with E-state index in [2.05, 4.69) is 25.1 Å². The molecular formula is C18H21F2N7. The minimum atomic E-state index is -2.72. The molecular weight excluding hydrogens is 352 g/mol. The zero-order valence-corrected chi connectivity index (χ0v) is 15.5. The minimum absolute atomic E-state index is 0.187. The number of rotatable bonds is 3. The molecule has 1 aliphatic heterocycles. The zero-order chi connectivity index (χ0) is 19.2. The second kappa shape index (κ2) is 6.17. The van der Waals surface area contributed by atoms with Gasteiger partial charge in [-0.3, -0.25) is 4.98 Å². The summed E-state index contributed by atoms with van der Waals surface area (Å²) in [7, 11) is 0. The fourth-order valence-electron chi connectivity index (χ4n) is 3.04. The first-order chi connectivity index (χ1) is 12.7. The van der Waals surface area contributed by atoms with E-state index < -0.39 is 5.92 Å². The maximum atomic E-state index is 13.8. The Bertz CT molecular complexity index is 963. The third-order valence-corrected chi connectivity index (χ3v) is 4.46. The summed E-state index contributed by atoms with van der Waals surface area (Å²) < 4.78 is 27.5. The maximum absolute atomic E-state index is 13.8. The Labute approximate surface area is 155 Å². The molecule has 7 nitrogen and oxygen atoms in total. The van der Waals surface area contributed by atoms with Crippen molar-refractivity contribution >= 4 is 17.0 Å². The second-order valence-electron chi connectivity index (χ2n) is 7.91. The van der Waals surface area contributed by atoms with Gasteiger partial charge >= 0.3 is 0 Å². The van der Waals surface area contributed by atoms with Crippen molar-refractivity contribution in [2.45, 2.75) is 45.1 Å². The van der Waals surface area contributed by atoms with Crippen molar-refractivity contribution in [3.05, 3.63) is 35.9 Å². The van der Waals surface area contributed by atoms with Gasteiger partial charge in [0.25, 0.3) is 5.92 Å². The number of anilines is 1. The van der Waals surface area contributed by atoms with Gasteiger partial charge in [-0.2, -0.15) is 4.80 Å². The lowest BCUT2D eigenvalue weighted by Crippen LogP contribution is -2.27. The smallest absolute Gasteiger partial charge is 0.266 e. The Morgan fingerprint density at radius 3 is 2.63 bits per heavy atom. The van der Waals surface area contributed by atoms with Crippen molar-refractivity contribution in [1.29, 1.82) is 0 Å². The molecule has 4 heterocycles. The summed E-state index contributed by atoms with van der Waals surface area (Å²) in [6.07, 6.45) is 3.25. The minimum Gasteiger partial charge on any atom is -0.348 e. The number of nitrogens with zero attached hydrogens (tertiary/aromatic N) is 7. The normalized spacial score (nSPS) is 17.0. The van der Waals surface area contributed by atoms with Gasteiger partial charge in [-0.05, 0) is 11.6 Å². The molecule has 0 aromatic carbocycles. The average molecular weight is 373 g/mol. The van der Waals surface area contributed by atoms with Gasteiger partial charge in [0.15, 0.2) is 11.3 Å². The Kier molecular flexibility index (Phi) is 4.05. The highest BCUT2D eigenvalue weighted by atomic mass is 19.3. The quantitative estimate of drug-likeness (QED) is 0.703. The predicted octanol–water partition coefficient (Wildman–Crippen LogP) is 2.81. The third-order valence-electron chi connectivity index (χ3n) is 4.46. The molecule has 3 aromatic rings. The highest BCUT2D eigenvalue weighted by Gasteiger charge is 2.40. The van der Waals surface area contributed by atoms with Crippen molar-refractivity contribution in [2.75, 3.05) is 18.0 Å². The van der Waals surface area contributed by atoms with E-state index in [9.17, 15) is 8.78 Å². The van der Waals surface area contributed by atoms with Crippen molar-refractivity contribution < 1.29 is 8.78 Å². The Morgan fingerprint density at radius 2 is 2.00 bits per heavy atom. The van der Waals surface area contributed by atoms with Crippen molar-refractivity contribution in [3.8, 4) is 0 Å². The van der Waals surface area contributed by atoms with Crippen molar-refractivity contribution in [3.63, 3.8) is 0 Å². The molecule has 0 saturated carbocycles. The monoisotopic (exact) mass is 373 g/mol. The lowest BCUT2D eigenvalue weighted by molar-refractivity contribution is 0.0257. The zero-order valence-electron chi connectivity index (χ0n) is 15.5. The topological polar surface area (TPSA) is 72.6 Å². The first-order valence-corrected chi connectivity index (χ1v) is 8.86. The van der Waals surface area contributed by atoms with Crippen LogP contribution < -0.4 is 4.90 Å². The summed E-state index contributed by atoms with van der Waals surface area (Å²) in [5.74, 6) is -1.72. The average Bonchev–Trinajstić information content (AvgIpc) is 3.16. The maximum Gasteiger partial charge on any atom is 0.266 e. The van der Waals surface area contributed by atoms with Crippen LogP contribution in [0.2, 0.25) is 0 Å². The molecule has 27 heavy (non-hydrogen) atoms. The van der Waals surface area contributed by atoms with E-state index in [1.807, 2.05) is 32.9 Å². The Hall–Kier alpha value is -2.71. The van der Waals surface area contributed by atoms with E-state index in [1.54, 1.807) is 17.3 Å². The summed E-state index contributed by atoms with van der Waals surface area (Å²) in [5, 5.41) is 8.95. The van der Waals surface area contributed by atoms with Crippen LogP contribution in [0.25, 0.3) is 11.2 Å². The molecule has 0 aliphatic carbocycles. The Morgan fingerprint density at radius 1 is 1.19 bits per heavy atom. The van der Waals surface area contributed by atoms with E-state index in [1.165, 1.54) is 4.80 Å². The van der Waals surface area contributed by atoms with Crippen LogP contribution in [-0.4, -0.2) is 49.0 Å². The fraction of sp³-hybridized carbons (Fsp3) is 0.500. The molecule has 4 rings (SSSR count). The van der Waals surface area contributed by atoms with Gasteiger partial charge in [0, 0.05) is 30.8 Å². The van der Waals surface area contributed by atoms with Crippen LogP contribution in [0, 0.1) is 0 Å². The van der Waals surface area contributed by atoms with E-state index in [0.717, 1.165) is 5.56 Å². The van der Waals surface area contributed by atoms with Crippen LogP contribution in [0.5, 0.6) is 0 Å². The summed E-state index contributed by atoms with van der Waals surface area (Å²) in [5.41, 5.74) is 1.47. The Balaban J connectivity index is 1.79. The van der Waals surface area contributed by atoms with E-state index in [0.29, 0.717) is 29.4 Å². The summed E-state index contributed by atoms with van der Waals surface area (Å²) >= 11 is 0. The number of fused-ring (bicyclic) bond motifs is 1. The van der Waals surface area contributed by atoms with Gasteiger partial charge in [0.1, 0.15) is 5.82 Å². The molecule has 0 unspecified atom stereocenters. The van der Waals surface area contributed by atoms with Crippen molar-refractivity contribution in [1.82, 2.24) is 29.9 Å². The van der Waals surface area contributed by atoms with Gasteiger partial charge in [0.2, 0.25) is 5.65 Å². The number of hydrogen-bond donors (Lipinski definition) is 0. The molecule has 9 heteroatoms. The SMILES string of the molecule is CC(C)(C)c1nc(N2CCC(F)(F)C2)c2nn(Cc3cccnc3)nc2n1. The molecule has 1 aliphatic rings. The van der Waals surface area contributed by atoms with Crippen LogP contribution in [0.4, 0.5) is 14.6 Å². The molecule has 3 aromatic heterocycles. The molecule has 1 saturated heterocycles. The molecule has 0 amide bonds. The van der Waals surface area contributed by atoms with E-state index in [-0.39, 0.29) is 24.9 Å². The summed E-state index contributed by atoms with van der Waals surface area (Å²) in [6, 6.07) is 3.77. The number of alkyl halides is 2. The number of hydrogen-bond acceptors (Lipinski definition) is 6. The lowest BCUT2D eigenvalue weighted by Gasteiger charge is -2.21. The van der Waals surface area contributed by atoms with Gasteiger partial charge in [-0.1, -0.05) is 26.8 Å². The van der Waals surface area contributed by atoms with Crippen LogP contribution >= 0.6 is 0 Å². The second-order valence-corrected chi connectivity index (χ2v) is 7.91. The molecule has 0 atom stereocenters. The van der Waals surface area contributed by atoms with Gasteiger partial charge < -0.3 is 4.90 Å². The van der Waals surface area contributed by atoms with Crippen molar-refractivity contribution in [2.24, 2.45) is 0 Å². The van der Waals surface area contributed by atoms with Crippen LogP contribution in [0.1, 0.15) is 38.6 Å². The molecule has 0 radical (unpaired) electrons. The highest BCUT2D eigenvalue weighted by Crippen LogP contribution is 2.33. The standard InChI is InChI=1S/C18H21F2N7/c1-17(2,3)16-22-14-13(15(23-16)26-8-6-18(19,20)11-26)24-27(25-14)10-12-5-4-7-21-9-12/h4-5,7,9H,6,8,10-11H2,1-3H3. The van der Waals surface area contributed by atoms with E-state index in [4.69, 9.17) is 0 Å². The molecule has 0 spiro atoms. The number of halogens is 2. The molecule has 142 valence electrons. The molecule has 0 N–H and O–H groups in total. The van der Waals surface area contributed by atoms with Crippen LogP contribution in [0.3, 0.4) is 0 Å². The lowest BCUT2D eigenvalue weighted by atomic mass is 9.96. The van der Waals surface area contributed by atoms with Gasteiger partial charge in [-0.25, -0.2) is 18.7 Å². The van der Waals surface area contributed by atoms with Crippen LogP contribution in [-0.2, 0) is 12.0 Å². The largest absolute Gasteiger partial charge is 0.348 e. The molecule has 0 bridgehead atoms. The number of pyridine rings is 1. The predicted molar refractivity (Wildman–Crippen MR) is 96.9 cm³/mol. The molecule has 1 fully saturated rings. The van der Waals surface area contributed by atoms with E-state index >= 15 is 0 Å². The highest BCUT2D eigenvalue weighted by molar-refractivity contribution is 5.82. The van der Waals surface area contributed by atoms with Gasteiger partial charge in [-0.15, -0.1) is 10.2 Å². The third kappa shape index (κ3) is 3.58. The van der Waals surface area contributed by atoms with Gasteiger partial charge in [0.05, 0.1) is 13.1 Å². The fourth-order valence-corrected chi connectivity index (χ4v) is 3.04. The number of aromatic nitrogens is 6. The van der Waals surface area contributed by atoms with Crippen LogP contribution in [0.15, 0.2) is 24.5 Å². The first-order valence-electron chi connectivity index (χ1n) is 8.86. The summed E-state index contributed by atoms with van der Waals surface area (Å²) in [6.45, 7) is 6.24.